The predicted octanol–water partition coefficient (Wildman–Crippen LogP) is 3.15. The zero-order valence-electron chi connectivity index (χ0n) is 12.4. The van der Waals surface area contributed by atoms with E-state index in [9.17, 15) is 9.90 Å². The van der Waals surface area contributed by atoms with Crippen LogP contribution in [0.15, 0.2) is 48.7 Å². The van der Waals surface area contributed by atoms with E-state index < -0.39 is 6.10 Å². The van der Waals surface area contributed by atoms with Crippen LogP contribution in [0.1, 0.15) is 29.3 Å². The molecule has 1 N–H and O–H groups in total. The Bertz CT molecular complexity index is 619. The van der Waals surface area contributed by atoms with E-state index in [-0.39, 0.29) is 17.6 Å². The maximum Gasteiger partial charge on any atom is 0.257 e. The lowest BCUT2D eigenvalue weighted by molar-refractivity contribution is 0.0598. The zero-order valence-corrected chi connectivity index (χ0v) is 13.2. The van der Waals surface area contributed by atoms with Crippen molar-refractivity contribution in [1.29, 1.82) is 0 Å². The van der Waals surface area contributed by atoms with Crippen LogP contribution in [0.4, 0.5) is 0 Å². The van der Waals surface area contributed by atoms with Crippen molar-refractivity contribution in [2.75, 3.05) is 6.54 Å². The van der Waals surface area contributed by atoms with Gasteiger partial charge in [0, 0.05) is 19.3 Å². The fourth-order valence-corrected chi connectivity index (χ4v) is 2.32. The van der Waals surface area contributed by atoms with Crippen LogP contribution in [0.3, 0.4) is 0 Å². The number of rotatable bonds is 6. The van der Waals surface area contributed by atoms with Crippen molar-refractivity contribution >= 4 is 17.5 Å². The molecule has 116 valence electrons. The molecule has 4 nitrogen and oxygen atoms in total. The van der Waals surface area contributed by atoms with Gasteiger partial charge >= 0.3 is 0 Å². The second-order valence-electron chi connectivity index (χ2n) is 5.08. The summed E-state index contributed by atoms with van der Waals surface area (Å²) in [5.41, 5.74) is 1.35. The second-order valence-corrected chi connectivity index (χ2v) is 5.43. The largest absolute Gasteiger partial charge is 0.391 e. The van der Waals surface area contributed by atoms with Crippen LogP contribution in [0.2, 0.25) is 5.15 Å². The number of halogens is 1. The van der Waals surface area contributed by atoms with E-state index in [1.807, 2.05) is 37.3 Å². The van der Waals surface area contributed by atoms with Crippen LogP contribution in [0.25, 0.3) is 0 Å². The average Bonchev–Trinajstić information content (AvgIpc) is 2.55. The molecule has 1 aromatic heterocycles. The summed E-state index contributed by atoms with van der Waals surface area (Å²) < 4.78 is 0. The number of amides is 1. The first-order chi connectivity index (χ1) is 10.6. The molecule has 1 aromatic carbocycles. The van der Waals surface area contributed by atoms with Gasteiger partial charge in [-0.05, 0) is 24.1 Å². The van der Waals surface area contributed by atoms with Gasteiger partial charge in [0.1, 0.15) is 5.15 Å². The number of hydrogen-bond donors (Lipinski definition) is 1. The molecule has 0 bridgehead atoms. The van der Waals surface area contributed by atoms with Crippen LogP contribution in [-0.2, 0) is 6.54 Å². The summed E-state index contributed by atoms with van der Waals surface area (Å²) in [5, 5.41) is 10.1. The fourth-order valence-electron chi connectivity index (χ4n) is 2.12. The van der Waals surface area contributed by atoms with E-state index in [0.717, 1.165) is 5.56 Å². The summed E-state index contributed by atoms with van der Waals surface area (Å²) in [6.07, 6.45) is 1.56. The van der Waals surface area contributed by atoms with Crippen molar-refractivity contribution in [2.24, 2.45) is 0 Å². The number of aromatic nitrogens is 1. The summed E-state index contributed by atoms with van der Waals surface area (Å²) in [6, 6.07) is 13.0. The Morgan fingerprint density at radius 1 is 1.27 bits per heavy atom. The third kappa shape index (κ3) is 4.29. The third-order valence-corrected chi connectivity index (χ3v) is 3.70. The molecule has 0 aliphatic heterocycles. The smallest absolute Gasteiger partial charge is 0.257 e. The first kappa shape index (κ1) is 16.5. The van der Waals surface area contributed by atoms with Gasteiger partial charge in [-0.25, -0.2) is 4.98 Å². The highest BCUT2D eigenvalue weighted by molar-refractivity contribution is 6.32. The van der Waals surface area contributed by atoms with Crippen molar-refractivity contribution in [1.82, 2.24) is 9.88 Å². The van der Waals surface area contributed by atoms with Gasteiger partial charge in [0.05, 0.1) is 11.7 Å². The Hall–Kier alpha value is -1.91. The molecule has 0 radical (unpaired) electrons. The molecule has 0 saturated carbocycles. The molecule has 0 aliphatic rings. The van der Waals surface area contributed by atoms with E-state index in [0.29, 0.717) is 18.5 Å². The Kier molecular flexibility index (Phi) is 5.92. The zero-order chi connectivity index (χ0) is 15.9. The Morgan fingerprint density at radius 3 is 2.64 bits per heavy atom. The summed E-state index contributed by atoms with van der Waals surface area (Å²) in [7, 11) is 0. The van der Waals surface area contributed by atoms with Gasteiger partial charge in [0.2, 0.25) is 0 Å². The number of carbonyl (C=O) groups excluding carboxylic acids is 1. The van der Waals surface area contributed by atoms with Crippen LogP contribution < -0.4 is 0 Å². The summed E-state index contributed by atoms with van der Waals surface area (Å²) in [4.78, 5) is 18.3. The minimum atomic E-state index is -0.567. The van der Waals surface area contributed by atoms with Crippen molar-refractivity contribution in [3.8, 4) is 0 Å². The normalized spacial score (nSPS) is 12.0. The number of nitrogens with zero attached hydrogens (tertiary/aromatic N) is 2. The number of pyridine rings is 1. The number of carbonyl (C=O) groups is 1. The second kappa shape index (κ2) is 7.92. The lowest BCUT2D eigenvalue weighted by atomic mass is 10.1. The van der Waals surface area contributed by atoms with Gasteiger partial charge in [0.25, 0.3) is 5.91 Å². The summed E-state index contributed by atoms with van der Waals surface area (Å²) >= 11 is 6.02. The molecule has 1 amide bonds. The first-order valence-electron chi connectivity index (χ1n) is 7.23. The number of aliphatic hydroxyl groups excluding tert-OH is 1. The fraction of sp³-hybridized carbons (Fsp3) is 0.294. The molecule has 1 atom stereocenters. The quantitative estimate of drug-likeness (QED) is 0.832. The van der Waals surface area contributed by atoms with Gasteiger partial charge in [-0.15, -0.1) is 0 Å². The highest BCUT2D eigenvalue weighted by Gasteiger charge is 2.21. The Morgan fingerprint density at radius 2 is 2.00 bits per heavy atom. The maximum absolute atomic E-state index is 12.7. The number of aliphatic hydroxyl groups is 1. The van der Waals surface area contributed by atoms with Crippen LogP contribution in [0.5, 0.6) is 0 Å². The molecule has 2 rings (SSSR count). The molecule has 22 heavy (non-hydrogen) atoms. The molecular weight excluding hydrogens is 300 g/mol. The van der Waals surface area contributed by atoms with Gasteiger partial charge in [-0.2, -0.15) is 0 Å². The lowest BCUT2D eigenvalue weighted by Gasteiger charge is -2.25. The van der Waals surface area contributed by atoms with Crippen molar-refractivity contribution in [3.63, 3.8) is 0 Å². The predicted molar refractivity (Wildman–Crippen MR) is 86.7 cm³/mol. The molecule has 0 spiro atoms. The molecule has 5 heteroatoms. The monoisotopic (exact) mass is 318 g/mol. The SMILES string of the molecule is CCC(O)CN(Cc1ccccc1)C(=O)c1cccnc1Cl. The van der Waals surface area contributed by atoms with Gasteiger partial charge in [-0.1, -0.05) is 48.9 Å². The van der Waals surface area contributed by atoms with Gasteiger partial charge in [-0.3, -0.25) is 4.79 Å². The highest BCUT2D eigenvalue weighted by atomic mass is 35.5. The van der Waals surface area contributed by atoms with Crippen LogP contribution in [-0.4, -0.2) is 33.5 Å². The molecule has 1 unspecified atom stereocenters. The van der Waals surface area contributed by atoms with E-state index >= 15 is 0 Å². The van der Waals surface area contributed by atoms with Crippen LogP contribution >= 0.6 is 11.6 Å². The Labute approximate surface area is 135 Å². The standard InChI is InChI=1S/C17H19ClN2O2/c1-2-14(21)12-20(11-13-7-4-3-5-8-13)17(22)15-9-6-10-19-16(15)18/h3-10,14,21H,2,11-12H2,1H3. The molecule has 2 aromatic rings. The minimum Gasteiger partial charge on any atom is -0.391 e. The van der Waals surface area contributed by atoms with Crippen molar-refractivity contribution < 1.29 is 9.90 Å². The third-order valence-electron chi connectivity index (χ3n) is 3.40. The molecule has 0 fully saturated rings. The Balaban J connectivity index is 2.23. The molecule has 1 heterocycles. The van der Waals surface area contributed by atoms with Gasteiger partial charge in [0.15, 0.2) is 0 Å². The van der Waals surface area contributed by atoms with Gasteiger partial charge < -0.3 is 10.0 Å². The van der Waals surface area contributed by atoms with E-state index in [1.54, 1.807) is 23.2 Å². The first-order valence-corrected chi connectivity index (χ1v) is 7.61. The number of hydrogen-bond acceptors (Lipinski definition) is 3. The topological polar surface area (TPSA) is 53.4 Å². The van der Waals surface area contributed by atoms with Crippen molar-refractivity contribution in [2.45, 2.75) is 26.0 Å². The summed E-state index contributed by atoms with van der Waals surface area (Å²) in [6.45, 7) is 2.56. The molecule has 0 saturated heterocycles. The average molecular weight is 319 g/mol. The summed E-state index contributed by atoms with van der Waals surface area (Å²) in [5.74, 6) is -0.227. The minimum absolute atomic E-state index is 0.177. The van der Waals surface area contributed by atoms with Crippen molar-refractivity contribution in [3.05, 3.63) is 64.9 Å². The molecular formula is C17H19ClN2O2. The lowest BCUT2D eigenvalue weighted by Crippen LogP contribution is -2.37. The van der Waals surface area contributed by atoms with E-state index in [1.165, 1.54) is 0 Å². The van der Waals surface area contributed by atoms with Crippen LogP contribution in [0, 0.1) is 0 Å². The highest BCUT2D eigenvalue weighted by Crippen LogP contribution is 2.17. The maximum atomic E-state index is 12.7. The molecule has 0 aliphatic carbocycles. The van der Waals surface area contributed by atoms with E-state index in [2.05, 4.69) is 4.98 Å². The van der Waals surface area contributed by atoms with E-state index in [4.69, 9.17) is 11.6 Å². The number of benzene rings is 1.